The molecular formula is C12H17NO3S2. The fourth-order valence-electron chi connectivity index (χ4n) is 1.99. The number of hydrogen-bond donors (Lipinski definition) is 0. The molecule has 1 saturated heterocycles. The first-order valence-electron chi connectivity index (χ1n) is 5.70. The summed E-state index contributed by atoms with van der Waals surface area (Å²) in [7, 11) is -1.77. The van der Waals surface area contributed by atoms with E-state index in [4.69, 9.17) is 4.74 Å². The fraction of sp³-hybridized carbons (Fsp3) is 0.500. The van der Waals surface area contributed by atoms with Crippen LogP contribution in [0.1, 0.15) is 11.1 Å². The Labute approximate surface area is 112 Å². The maximum atomic E-state index is 12.5. The van der Waals surface area contributed by atoms with E-state index in [1.807, 2.05) is 6.92 Å². The lowest BCUT2D eigenvalue weighted by atomic mass is 10.1. The van der Waals surface area contributed by atoms with E-state index in [9.17, 15) is 8.42 Å². The van der Waals surface area contributed by atoms with E-state index in [-0.39, 0.29) is 0 Å². The molecule has 1 heterocycles. The summed E-state index contributed by atoms with van der Waals surface area (Å²) in [5.74, 6) is 2.14. The third-order valence-corrected chi connectivity index (χ3v) is 6.15. The monoisotopic (exact) mass is 287 g/mol. The molecule has 4 nitrogen and oxygen atoms in total. The number of methoxy groups -OCH3 is 1. The van der Waals surface area contributed by atoms with Crippen LogP contribution in [0.3, 0.4) is 0 Å². The molecule has 1 fully saturated rings. The Bertz CT molecular complexity index is 549. The van der Waals surface area contributed by atoms with Gasteiger partial charge in [-0.15, -0.1) is 11.8 Å². The Balaban J connectivity index is 2.47. The predicted octanol–water partition coefficient (Wildman–Crippen LogP) is 2.01. The number of nitrogens with zero attached hydrogens (tertiary/aromatic N) is 1. The second-order valence-electron chi connectivity index (χ2n) is 4.31. The molecule has 6 heteroatoms. The summed E-state index contributed by atoms with van der Waals surface area (Å²) in [4.78, 5) is 0.392. The molecule has 0 aliphatic carbocycles. The molecule has 0 saturated carbocycles. The minimum atomic E-state index is -3.36. The third kappa shape index (κ3) is 2.37. The van der Waals surface area contributed by atoms with E-state index in [0.29, 0.717) is 17.3 Å². The van der Waals surface area contributed by atoms with Gasteiger partial charge in [0.1, 0.15) is 5.75 Å². The largest absolute Gasteiger partial charge is 0.496 e. The highest BCUT2D eigenvalue weighted by Crippen LogP contribution is 2.29. The van der Waals surface area contributed by atoms with Gasteiger partial charge in [-0.1, -0.05) is 0 Å². The Morgan fingerprint density at radius 1 is 1.28 bits per heavy atom. The van der Waals surface area contributed by atoms with Gasteiger partial charge in [0.25, 0.3) is 0 Å². The quantitative estimate of drug-likeness (QED) is 0.853. The molecule has 0 aromatic heterocycles. The molecular weight excluding hydrogens is 270 g/mol. The molecule has 1 aliphatic heterocycles. The summed E-state index contributed by atoms with van der Waals surface area (Å²) in [5.41, 5.74) is 1.57. The lowest BCUT2D eigenvalue weighted by molar-refractivity contribution is 0.410. The van der Waals surface area contributed by atoms with Gasteiger partial charge in [-0.25, -0.2) is 8.42 Å². The van der Waals surface area contributed by atoms with Crippen LogP contribution in [0.4, 0.5) is 0 Å². The van der Waals surface area contributed by atoms with Gasteiger partial charge in [-0.2, -0.15) is 4.31 Å². The Morgan fingerprint density at radius 3 is 2.56 bits per heavy atom. The molecule has 0 unspecified atom stereocenters. The van der Waals surface area contributed by atoms with Gasteiger partial charge >= 0.3 is 0 Å². The fourth-order valence-corrected chi connectivity index (χ4v) is 5.09. The van der Waals surface area contributed by atoms with E-state index in [2.05, 4.69) is 0 Å². The molecule has 0 atom stereocenters. The van der Waals surface area contributed by atoms with Crippen molar-refractivity contribution in [2.24, 2.45) is 0 Å². The molecule has 1 aliphatic rings. The summed E-state index contributed by atoms with van der Waals surface area (Å²) in [6, 6.07) is 3.48. The van der Waals surface area contributed by atoms with Crippen LogP contribution >= 0.6 is 11.8 Å². The standard InChI is InChI=1S/C12H17NO3S2/c1-9-7-12(10(2)6-11(9)16-3)18(14,15)13-4-5-17-8-13/h6-7H,4-5,8H2,1-3H3. The van der Waals surface area contributed by atoms with Gasteiger partial charge in [0.2, 0.25) is 10.0 Å². The van der Waals surface area contributed by atoms with Crippen molar-refractivity contribution < 1.29 is 13.2 Å². The first-order valence-corrected chi connectivity index (χ1v) is 8.29. The van der Waals surface area contributed by atoms with Crippen molar-refractivity contribution >= 4 is 21.8 Å². The number of benzene rings is 1. The van der Waals surface area contributed by atoms with E-state index in [1.54, 1.807) is 37.9 Å². The number of hydrogen-bond acceptors (Lipinski definition) is 4. The summed E-state index contributed by atoms with van der Waals surface area (Å²) in [5, 5.41) is 0. The van der Waals surface area contributed by atoms with Crippen molar-refractivity contribution in [1.29, 1.82) is 0 Å². The van der Waals surface area contributed by atoms with Gasteiger partial charge in [0.05, 0.1) is 17.9 Å². The zero-order chi connectivity index (χ0) is 13.3. The SMILES string of the molecule is COc1cc(C)c(S(=O)(=O)N2CCSC2)cc1C. The van der Waals surface area contributed by atoms with E-state index < -0.39 is 10.0 Å². The van der Waals surface area contributed by atoms with Crippen LogP contribution in [-0.2, 0) is 10.0 Å². The lowest BCUT2D eigenvalue weighted by Crippen LogP contribution is -2.28. The topological polar surface area (TPSA) is 46.6 Å². The van der Waals surface area contributed by atoms with Gasteiger partial charge in [0, 0.05) is 12.3 Å². The van der Waals surface area contributed by atoms with Crippen molar-refractivity contribution in [3.63, 3.8) is 0 Å². The lowest BCUT2D eigenvalue weighted by Gasteiger charge is -2.18. The summed E-state index contributed by atoms with van der Waals surface area (Å²) in [6.45, 7) is 4.26. The first-order chi connectivity index (χ1) is 8.46. The first kappa shape index (κ1) is 13.7. The highest BCUT2D eigenvalue weighted by molar-refractivity contribution is 8.00. The normalized spacial score (nSPS) is 17.1. The Morgan fingerprint density at radius 2 is 2.00 bits per heavy atom. The Kier molecular flexibility index (Phi) is 3.89. The van der Waals surface area contributed by atoms with Crippen LogP contribution < -0.4 is 4.74 Å². The average molecular weight is 287 g/mol. The zero-order valence-electron chi connectivity index (χ0n) is 10.8. The molecule has 1 aromatic carbocycles. The second-order valence-corrected chi connectivity index (χ2v) is 7.29. The Hall–Kier alpha value is -0.720. The summed E-state index contributed by atoms with van der Waals surface area (Å²) >= 11 is 1.64. The molecule has 2 rings (SSSR count). The molecule has 0 N–H and O–H groups in total. The average Bonchev–Trinajstić information content (AvgIpc) is 2.85. The van der Waals surface area contributed by atoms with Crippen molar-refractivity contribution in [2.45, 2.75) is 18.7 Å². The molecule has 1 aromatic rings. The van der Waals surface area contributed by atoms with Gasteiger partial charge in [-0.3, -0.25) is 0 Å². The smallest absolute Gasteiger partial charge is 0.244 e. The zero-order valence-corrected chi connectivity index (χ0v) is 12.4. The number of rotatable bonds is 3. The van der Waals surface area contributed by atoms with Gasteiger partial charge < -0.3 is 4.74 Å². The molecule has 0 bridgehead atoms. The molecule has 100 valence electrons. The molecule has 18 heavy (non-hydrogen) atoms. The molecule has 0 spiro atoms. The van der Waals surface area contributed by atoms with E-state index >= 15 is 0 Å². The second kappa shape index (κ2) is 5.11. The van der Waals surface area contributed by atoms with Crippen molar-refractivity contribution in [1.82, 2.24) is 4.31 Å². The number of thioether (sulfide) groups is 1. The van der Waals surface area contributed by atoms with Crippen molar-refractivity contribution in [3.8, 4) is 5.75 Å². The number of sulfonamides is 1. The van der Waals surface area contributed by atoms with Crippen LogP contribution in [-0.4, -0.2) is 38.0 Å². The number of aryl methyl sites for hydroxylation is 2. The van der Waals surface area contributed by atoms with Crippen LogP contribution in [0.15, 0.2) is 17.0 Å². The van der Waals surface area contributed by atoms with E-state index in [1.165, 1.54) is 4.31 Å². The maximum Gasteiger partial charge on any atom is 0.244 e. The van der Waals surface area contributed by atoms with Crippen LogP contribution in [0.5, 0.6) is 5.75 Å². The summed E-state index contributed by atoms with van der Waals surface area (Å²) < 4.78 is 31.7. The maximum absolute atomic E-state index is 12.5. The number of ether oxygens (including phenoxy) is 1. The van der Waals surface area contributed by atoms with E-state index in [0.717, 1.165) is 22.6 Å². The minimum Gasteiger partial charge on any atom is -0.496 e. The van der Waals surface area contributed by atoms with Crippen LogP contribution in [0.25, 0.3) is 0 Å². The predicted molar refractivity (Wildman–Crippen MR) is 73.7 cm³/mol. The van der Waals surface area contributed by atoms with Gasteiger partial charge in [-0.05, 0) is 37.1 Å². The minimum absolute atomic E-state index is 0.392. The summed E-state index contributed by atoms with van der Waals surface area (Å²) in [6.07, 6.45) is 0. The third-order valence-electron chi connectivity index (χ3n) is 3.03. The highest BCUT2D eigenvalue weighted by Gasteiger charge is 2.29. The van der Waals surface area contributed by atoms with Gasteiger partial charge in [0.15, 0.2) is 0 Å². The molecule has 0 radical (unpaired) electrons. The van der Waals surface area contributed by atoms with Crippen molar-refractivity contribution in [3.05, 3.63) is 23.3 Å². The molecule has 0 amide bonds. The van der Waals surface area contributed by atoms with Crippen LogP contribution in [0, 0.1) is 13.8 Å². The highest BCUT2D eigenvalue weighted by atomic mass is 32.2. The van der Waals surface area contributed by atoms with Crippen LogP contribution in [0.2, 0.25) is 0 Å². The van der Waals surface area contributed by atoms with Crippen molar-refractivity contribution in [2.75, 3.05) is 25.3 Å².